The molecule has 6 nitrogen and oxygen atoms in total. The molecule has 0 aliphatic carbocycles. The van der Waals surface area contributed by atoms with Crippen LogP contribution >= 0.6 is 0 Å². The molecule has 0 radical (unpaired) electrons. The van der Waals surface area contributed by atoms with Gasteiger partial charge in [0, 0.05) is 19.3 Å². The van der Waals surface area contributed by atoms with Crippen molar-refractivity contribution < 1.29 is 28.6 Å². The minimum atomic E-state index is -0.778. The second-order valence-electron chi connectivity index (χ2n) is 24.9. The van der Waals surface area contributed by atoms with E-state index in [-0.39, 0.29) is 31.1 Å². The molecule has 0 fully saturated rings. The zero-order valence-corrected chi connectivity index (χ0v) is 55.7. The number of hydrogen-bond donors (Lipinski definition) is 0. The van der Waals surface area contributed by atoms with Gasteiger partial charge in [0.2, 0.25) is 0 Å². The second kappa shape index (κ2) is 71.6. The molecular weight excluding hydrogens is 1020 g/mol. The molecule has 1 atom stereocenters. The molecule has 0 bridgehead atoms. The first kappa shape index (κ1) is 80.1. The predicted octanol–water partition coefficient (Wildman–Crippen LogP) is 25.5. The number of hydrogen-bond acceptors (Lipinski definition) is 6. The molecule has 6 heteroatoms. The number of allylic oxidation sites excluding steroid dienone is 10. The van der Waals surface area contributed by atoms with Crippen molar-refractivity contribution in [3.63, 3.8) is 0 Å². The molecule has 0 aliphatic rings. The molecule has 0 aliphatic heterocycles. The molecule has 0 aromatic rings. The fourth-order valence-electron chi connectivity index (χ4n) is 11.0. The predicted molar refractivity (Wildman–Crippen MR) is 362 cm³/mol. The van der Waals surface area contributed by atoms with E-state index < -0.39 is 6.10 Å². The maximum absolute atomic E-state index is 12.9. The van der Waals surface area contributed by atoms with Crippen LogP contribution in [0, 0.1) is 0 Å². The highest BCUT2D eigenvalue weighted by Crippen LogP contribution is 2.18. The summed E-state index contributed by atoms with van der Waals surface area (Å²) in [6.07, 6.45) is 92.6. The Kier molecular flexibility index (Phi) is 69.1. The van der Waals surface area contributed by atoms with Gasteiger partial charge in [-0.05, 0) is 89.9 Å². The fraction of sp³-hybridized carbons (Fsp3) is 0.831. The molecule has 0 saturated carbocycles. The summed E-state index contributed by atoms with van der Waals surface area (Å²) in [5.41, 5.74) is 0. The van der Waals surface area contributed by atoms with Crippen molar-refractivity contribution >= 4 is 17.9 Å². The summed E-state index contributed by atoms with van der Waals surface area (Å²) in [5, 5.41) is 0. The van der Waals surface area contributed by atoms with Crippen LogP contribution in [-0.4, -0.2) is 37.2 Å². The number of carbonyl (C=O) groups excluding carboxylic acids is 3. The fourth-order valence-corrected chi connectivity index (χ4v) is 11.0. The van der Waals surface area contributed by atoms with Gasteiger partial charge < -0.3 is 14.2 Å². The standard InChI is InChI=1S/C77H140O6/c1-4-7-10-13-16-19-22-25-28-30-31-32-33-34-35-36-37-38-39-40-41-42-43-44-45-47-49-52-55-58-61-64-67-70-76(79)82-73-74(72-81-75(78)69-66-63-60-57-54-51-48-27-24-21-18-15-12-9-6-3)83-77(80)71-68-65-62-59-56-53-50-46-29-26-23-20-17-14-11-8-5-2/h18,21-22,25,27,30-31,33-34,48,74H,4-17,19-20,23-24,26,28-29,32,35-47,49-73H2,1-3H3/b21-18-,25-22-,31-30-,34-33-,48-27-. The molecular formula is C77H140O6. The van der Waals surface area contributed by atoms with Crippen molar-refractivity contribution in [1.82, 2.24) is 0 Å². The van der Waals surface area contributed by atoms with Crippen molar-refractivity contribution in [3.8, 4) is 0 Å². The lowest BCUT2D eigenvalue weighted by Crippen LogP contribution is -2.30. The quantitative estimate of drug-likeness (QED) is 0.0261. The summed E-state index contributed by atoms with van der Waals surface area (Å²) < 4.78 is 17.0. The number of esters is 3. The number of unbranched alkanes of at least 4 members (excludes halogenated alkanes) is 47. The number of rotatable bonds is 68. The van der Waals surface area contributed by atoms with E-state index in [1.54, 1.807) is 0 Å². The van der Waals surface area contributed by atoms with Crippen LogP contribution in [0.2, 0.25) is 0 Å². The van der Waals surface area contributed by atoms with Gasteiger partial charge in [-0.15, -0.1) is 0 Å². The molecule has 0 spiro atoms. The molecule has 0 rings (SSSR count). The van der Waals surface area contributed by atoms with Gasteiger partial charge in [0.1, 0.15) is 13.2 Å². The molecule has 0 aromatic heterocycles. The van der Waals surface area contributed by atoms with E-state index in [1.807, 2.05) is 0 Å². The molecule has 83 heavy (non-hydrogen) atoms. The third-order valence-electron chi connectivity index (χ3n) is 16.5. The Hall–Kier alpha value is -2.89. The van der Waals surface area contributed by atoms with E-state index in [2.05, 4.69) is 81.5 Å². The largest absolute Gasteiger partial charge is 0.462 e. The lowest BCUT2D eigenvalue weighted by Gasteiger charge is -2.18. The highest BCUT2D eigenvalue weighted by Gasteiger charge is 2.19. The monoisotopic (exact) mass is 1160 g/mol. The van der Waals surface area contributed by atoms with Gasteiger partial charge in [-0.2, -0.15) is 0 Å². The first-order valence-electron chi connectivity index (χ1n) is 36.8. The smallest absolute Gasteiger partial charge is 0.306 e. The van der Waals surface area contributed by atoms with Gasteiger partial charge in [-0.25, -0.2) is 0 Å². The van der Waals surface area contributed by atoms with E-state index in [0.29, 0.717) is 19.3 Å². The zero-order chi connectivity index (χ0) is 59.9. The van der Waals surface area contributed by atoms with E-state index in [1.165, 1.54) is 263 Å². The van der Waals surface area contributed by atoms with Crippen molar-refractivity contribution in [3.05, 3.63) is 60.8 Å². The molecule has 0 saturated heterocycles. The molecule has 0 heterocycles. The Labute approximate surface area is 517 Å². The SMILES string of the molecule is CCCCC/C=C\C/C=C\CCCCCCCC(=O)OCC(COC(=O)CCCCCCCCCCCCCCCCCCCC/C=C\C/C=C\C/C=C\CCCCCCC)OC(=O)CCCCCCCCCCCCCCCCCCC. The van der Waals surface area contributed by atoms with Crippen molar-refractivity contribution in [2.24, 2.45) is 0 Å². The topological polar surface area (TPSA) is 78.9 Å². The highest BCUT2D eigenvalue weighted by molar-refractivity contribution is 5.71. The van der Waals surface area contributed by atoms with E-state index in [0.717, 1.165) is 89.9 Å². The molecule has 1 unspecified atom stereocenters. The van der Waals surface area contributed by atoms with Gasteiger partial charge >= 0.3 is 17.9 Å². The van der Waals surface area contributed by atoms with Crippen LogP contribution in [0.25, 0.3) is 0 Å². The van der Waals surface area contributed by atoms with Crippen molar-refractivity contribution in [2.45, 2.75) is 399 Å². The second-order valence-corrected chi connectivity index (χ2v) is 24.9. The Balaban J connectivity index is 4.17. The van der Waals surface area contributed by atoms with Crippen LogP contribution in [0.4, 0.5) is 0 Å². The Morgan fingerprint density at radius 2 is 0.434 bits per heavy atom. The van der Waals surface area contributed by atoms with Gasteiger partial charge in [0.25, 0.3) is 0 Å². The number of ether oxygens (including phenoxy) is 3. The average Bonchev–Trinajstić information content (AvgIpc) is 3.49. The molecule has 0 amide bonds. The maximum atomic E-state index is 12.9. The third-order valence-corrected chi connectivity index (χ3v) is 16.5. The summed E-state index contributed by atoms with van der Waals surface area (Å²) in [5.74, 6) is -0.861. The van der Waals surface area contributed by atoms with Gasteiger partial charge in [-0.3, -0.25) is 14.4 Å². The summed E-state index contributed by atoms with van der Waals surface area (Å²) in [7, 11) is 0. The summed E-state index contributed by atoms with van der Waals surface area (Å²) in [6.45, 7) is 6.66. The van der Waals surface area contributed by atoms with Crippen LogP contribution < -0.4 is 0 Å². The lowest BCUT2D eigenvalue weighted by molar-refractivity contribution is -0.167. The van der Waals surface area contributed by atoms with Gasteiger partial charge in [0.15, 0.2) is 6.10 Å². The average molecular weight is 1160 g/mol. The Morgan fingerprint density at radius 3 is 0.699 bits per heavy atom. The normalized spacial score (nSPS) is 12.4. The minimum absolute atomic E-state index is 0.0733. The molecule has 484 valence electrons. The van der Waals surface area contributed by atoms with Crippen LogP contribution in [-0.2, 0) is 28.6 Å². The van der Waals surface area contributed by atoms with Gasteiger partial charge in [0.05, 0.1) is 0 Å². The molecule has 0 aromatic carbocycles. The Morgan fingerprint density at radius 1 is 0.241 bits per heavy atom. The molecule has 0 N–H and O–H groups in total. The van der Waals surface area contributed by atoms with Gasteiger partial charge in [-0.1, -0.05) is 345 Å². The Bertz CT molecular complexity index is 1470. The van der Waals surface area contributed by atoms with Crippen molar-refractivity contribution in [2.75, 3.05) is 13.2 Å². The van der Waals surface area contributed by atoms with Crippen molar-refractivity contribution in [1.29, 1.82) is 0 Å². The highest BCUT2D eigenvalue weighted by atomic mass is 16.6. The lowest BCUT2D eigenvalue weighted by atomic mass is 10.0. The maximum Gasteiger partial charge on any atom is 0.306 e. The van der Waals surface area contributed by atoms with Crippen LogP contribution in [0.1, 0.15) is 393 Å². The first-order valence-corrected chi connectivity index (χ1v) is 36.8. The van der Waals surface area contributed by atoms with Crippen LogP contribution in [0.5, 0.6) is 0 Å². The van der Waals surface area contributed by atoms with Crippen LogP contribution in [0.3, 0.4) is 0 Å². The van der Waals surface area contributed by atoms with Crippen LogP contribution in [0.15, 0.2) is 60.8 Å². The summed E-state index contributed by atoms with van der Waals surface area (Å²) in [6, 6.07) is 0. The van der Waals surface area contributed by atoms with E-state index >= 15 is 0 Å². The first-order chi connectivity index (χ1) is 41.0. The summed E-state index contributed by atoms with van der Waals surface area (Å²) >= 11 is 0. The number of carbonyl (C=O) groups is 3. The third kappa shape index (κ3) is 69.8. The van der Waals surface area contributed by atoms with E-state index in [9.17, 15) is 14.4 Å². The minimum Gasteiger partial charge on any atom is -0.462 e. The summed E-state index contributed by atoms with van der Waals surface area (Å²) in [4.78, 5) is 38.4. The van der Waals surface area contributed by atoms with E-state index in [4.69, 9.17) is 14.2 Å². The zero-order valence-electron chi connectivity index (χ0n) is 55.7.